The summed E-state index contributed by atoms with van der Waals surface area (Å²) in [4.78, 5) is 28.3. The van der Waals surface area contributed by atoms with Gasteiger partial charge in [-0.15, -0.1) is 0 Å². The summed E-state index contributed by atoms with van der Waals surface area (Å²) in [6.07, 6.45) is 8.81. The van der Waals surface area contributed by atoms with E-state index in [1.54, 1.807) is 0 Å². The van der Waals surface area contributed by atoms with Gasteiger partial charge in [-0.3, -0.25) is 9.59 Å². The fourth-order valence-corrected chi connectivity index (χ4v) is 6.58. The van der Waals surface area contributed by atoms with Crippen molar-refractivity contribution in [3.05, 3.63) is 29.8 Å². The minimum Gasteiger partial charge on any atom is -0.362 e. The quantitative estimate of drug-likeness (QED) is 0.634. The van der Waals surface area contributed by atoms with Crippen LogP contribution in [0.4, 0.5) is 5.69 Å². The molecule has 168 valence electrons. The number of amides is 2. The molecular weight excluding hydrogens is 388 g/mol. The highest BCUT2D eigenvalue weighted by Crippen LogP contribution is 2.51. The van der Waals surface area contributed by atoms with Crippen LogP contribution in [0.3, 0.4) is 0 Å². The lowest BCUT2D eigenvalue weighted by molar-refractivity contribution is -0.132. The lowest BCUT2D eigenvalue weighted by Gasteiger charge is -2.56. The molecule has 1 spiro atoms. The SMILES string of the molecule is C[C@@H]1CCCCN1CCCNC(=O)[C@@H]1C[C@@H]2CC[C@@H]1C[C@@]21NC(=O)c2ccccc2N1. The maximum absolute atomic E-state index is 13.0. The molecule has 2 amide bonds. The zero-order valence-electron chi connectivity index (χ0n) is 18.7. The Morgan fingerprint density at radius 2 is 2.06 bits per heavy atom. The largest absolute Gasteiger partial charge is 0.362 e. The maximum atomic E-state index is 13.0. The van der Waals surface area contributed by atoms with Gasteiger partial charge in [-0.1, -0.05) is 18.6 Å². The Balaban J connectivity index is 1.16. The van der Waals surface area contributed by atoms with Crippen LogP contribution in [0.5, 0.6) is 0 Å². The highest BCUT2D eigenvalue weighted by Gasteiger charge is 2.55. The molecule has 6 nitrogen and oxygen atoms in total. The third-order valence-electron chi connectivity index (χ3n) is 8.34. The van der Waals surface area contributed by atoms with Gasteiger partial charge in [0.05, 0.1) is 5.56 Å². The first-order valence-corrected chi connectivity index (χ1v) is 12.3. The number of hydrogen-bond acceptors (Lipinski definition) is 4. The van der Waals surface area contributed by atoms with Crippen LogP contribution in [0.1, 0.15) is 68.6 Å². The summed E-state index contributed by atoms with van der Waals surface area (Å²) >= 11 is 0. The minimum atomic E-state index is -0.393. The molecule has 1 saturated heterocycles. The van der Waals surface area contributed by atoms with E-state index >= 15 is 0 Å². The standard InChI is InChI=1S/C25H36N4O2/c1-17-7-4-5-13-29(17)14-6-12-26-23(30)21-15-19-11-10-18(21)16-25(19)27-22-9-3-2-8-20(22)24(31)28-25/h2-3,8-9,17-19,21,27H,4-7,10-16H2,1H3,(H,26,30)(H,28,31)/t17-,18-,19+,21-,25-/m1/s1. The average molecular weight is 425 g/mol. The number of likely N-dealkylation sites (tertiary alicyclic amines) is 1. The third-order valence-corrected chi connectivity index (χ3v) is 8.34. The molecule has 1 aromatic rings. The number of nitrogens with zero attached hydrogens (tertiary/aromatic N) is 1. The number of para-hydroxylation sites is 1. The summed E-state index contributed by atoms with van der Waals surface area (Å²) in [5, 5.41) is 10.2. The van der Waals surface area contributed by atoms with Crippen LogP contribution in [0.2, 0.25) is 0 Å². The lowest BCUT2D eigenvalue weighted by atomic mass is 9.58. The number of nitrogens with one attached hydrogen (secondary N) is 3. The molecule has 0 radical (unpaired) electrons. The van der Waals surface area contributed by atoms with Crippen LogP contribution < -0.4 is 16.0 Å². The van der Waals surface area contributed by atoms with Crippen LogP contribution in [0.25, 0.3) is 0 Å². The molecule has 3 aliphatic carbocycles. The Morgan fingerprint density at radius 3 is 2.87 bits per heavy atom. The zero-order chi connectivity index (χ0) is 21.4. The van der Waals surface area contributed by atoms with Crippen molar-refractivity contribution in [1.29, 1.82) is 0 Å². The van der Waals surface area contributed by atoms with Crippen LogP contribution in [0, 0.1) is 17.8 Å². The number of anilines is 1. The van der Waals surface area contributed by atoms with E-state index in [2.05, 4.69) is 27.8 Å². The van der Waals surface area contributed by atoms with E-state index in [-0.39, 0.29) is 17.7 Å². The van der Waals surface area contributed by atoms with Gasteiger partial charge in [0, 0.05) is 36.7 Å². The van der Waals surface area contributed by atoms with Crippen molar-refractivity contribution in [3.8, 4) is 0 Å². The van der Waals surface area contributed by atoms with E-state index in [1.165, 1.54) is 25.8 Å². The second-order valence-electron chi connectivity index (χ2n) is 10.2. The van der Waals surface area contributed by atoms with Gasteiger partial charge in [0.2, 0.25) is 5.91 Å². The smallest absolute Gasteiger partial charge is 0.255 e. The van der Waals surface area contributed by atoms with Gasteiger partial charge in [0.1, 0.15) is 5.66 Å². The summed E-state index contributed by atoms with van der Waals surface area (Å²) in [5.74, 6) is 0.924. The summed E-state index contributed by atoms with van der Waals surface area (Å²) in [6.45, 7) is 5.37. The van der Waals surface area contributed by atoms with E-state index in [0.717, 1.165) is 50.9 Å². The van der Waals surface area contributed by atoms with Crippen molar-refractivity contribution < 1.29 is 9.59 Å². The number of piperidine rings is 1. The molecule has 1 aromatic carbocycles. The lowest BCUT2D eigenvalue weighted by Crippen LogP contribution is -2.68. The summed E-state index contributed by atoms with van der Waals surface area (Å²) < 4.78 is 0. The number of carbonyl (C=O) groups is 2. The highest BCUT2D eigenvalue weighted by molar-refractivity contribution is 6.02. The van der Waals surface area contributed by atoms with Gasteiger partial charge < -0.3 is 20.9 Å². The molecule has 5 atom stereocenters. The second-order valence-corrected chi connectivity index (χ2v) is 10.2. The molecule has 2 heterocycles. The van der Waals surface area contributed by atoms with Gasteiger partial charge in [-0.25, -0.2) is 0 Å². The fourth-order valence-electron chi connectivity index (χ4n) is 6.58. The first-order chi connectivity index (χ1) is 15.1. The molecule has 0 unspecified atom stereocenters. The van der Waals surface area contributed by atoms with Gasteiger partial charge in [-0.05, 0) is 76.5 Å². The van der Waals surface area contributed by atoms with Crippen molar-refractivity contribution in [2.24, 2.45) is 17.8 Å². The average Bonchev–Trinajstić information content (AvgIpc) is 2.78. The van der Waals surface area contributed by atoms with Crippen molar-refractivity contribution in [2.75, 3.05) is 25.0 Å². The Labute approximate surface area is 185 Å². The van der Waals surface area contributed by atoms with E-state index in [1.807, 2.05) is 24.3 Å². The molecule has 0 aromatic heterocycles. The first-order valence-electron chi connectivity index (χ1n) is 12.3. The fraction of sp³-hybridized carbons (Fsp3) is 0.680. The number of hydrogen-bond donors (Lipinski definition) is 3. The molecule has 6 heteroatoms. The van der Waals surface area contributed by atoms with Crippen LogP contribution >= 0.6 is 0 Å². The van der Waals surface area contributed by atoms with Gasteiger partial charge in [0.15, 0.2) is 0 Å². The van der Waals surface area contributed by atoms with Gasteiger partial charge >= 0.3 is 0 Å². The molecule has 31 heavy (non-hydrogen) atoms. The first kappa shape index (κ1) is 20.8. The Morgan fingerprint density at radius 1 is 1.19 bits per heavy atom. The number of fused-ring (bicyclic) bond motifs is 3. The van der Waals surface area contributed by atoms with Crippen molar-refractivity contribution in [1.82, 2.24) is 15.5 Å². The number of carbonyl (C=O) groups excluding carboxylic acids is 2. The minimum absolute atomic E-state index is 0.00911. The summed E-state index contributed by atoms with van der Waals surface area (Å²) in [5.41, 5.74) is 1.24. The molecule has 2 bridgehead atoms. The van der Waals surface area contributed by atoms with Crippen LogP contribution in [-0.4, -0.2) is 48.1 Å². The van der Waals surface area contributed by atoms with E-state index < -0.39 is 5.66 Å². The van der Waals surface area contributed by atoms with Gasteiger partial charge in [0.25, 0.3) is 5.91 Å². The molecule has 3 saturated carbocycles. The molecule has 6 rings (SSSR count). The number of rotatable bonds is 5. The van der Waals surface area contributed by atoms with E-state index in [0.29, 0.717) is 23.4 Å². The van der Waals surface area contributed by atoms with Crippen molar-refractivity contribution in [3.63, 3.8) is 0 Å². The van der Waals surface area contributed by atoms with Crippen molar-refractivity contribution >= 4 is 17.5 Å². The van der Waals surface area contributed by atoms with E-state index in [9.17, 15) is 9.59 Å². The molecular formula is C25H36N4O2. The topological polar surface area (TPSA) is 73.5 Å². The van der Waals surface area contributed by atoms with Crippen LogP contribution in [0.15, 0.2) is 24.3 Å². The second kappa shape index (κ2) is 8.45. The molecule has 2 aliphatic heterocycles. The molecule has 3 N–H and O–H groups in total. The zero-order valence-corrected chi connectivity index (χ0v) is 18.7. The third kappa shape index (κ3) is 3.95. The summed E-state index contributed by atoms with van der Waals surface area (Å²) in [7, 11) is 0. The predicted octanol–water partition coefficient (Wildman–Crippen LogP) is 3.36. The van der Waals surface area contributed by atoms with Gasteiger partial charge in [-0.2, -0.15) is 0 Å². The van der Waals surface area contributed by atoms with Crippen LogP contribution in [-0.2, 0) is 4.79 Å². The number of benzene rings is 1. The Bertz CT molecular complexity index is 843. The van der Waals surface area contributed by atoms with Crippen molar-refractivity contribution in [2.45, 2.75) is 70.0 Å². The van der Waals surface area contributed by atoms with E-state index in [4.69, 9.17) is 0 Å². The summed E-state index contributed by atoms with van der Waals surface area (Å²) in [6, 6.07) is 8.41. The Kier molecular flexibility index (Phi) is 5.67. The highest BCUT2D eigenvalue weighted by atomic mass is 16.2. The molecule has 4 fully saturated rings. The molecule has 5 aliphatic rings. The predicted molar refractivity (Wildman–Crippen MR) is 122 cm³/mol. The maximum Gasteiger partial charge on any atom is 0.255 e. The Hall–Kier alpha value is -2.08. The monoisotopic (exact) mass is 424 g/mol. The normalized spacial score (nSPS) is 34.7.